The number of methoxy groups -OCH3 is 1. The summed E-state index contributed by atoms with van der Waals surface area (Å²) in [5, 5.41) is 10.2. The first-order chi connectivity index (χ1) is 9.56. The summed E-state index contributed by atoms with van der Waals surface area (Å²) in [5.41, 5.74) is 1.14. The zero-order chi connectivity index (χ0) is 14.7. The summed E-state index contributed by atoms with van der Waals surface area (Å²) in [6.45, 7) is 4.20. The highest BCUT2D eigenvalue weighted by Gasteiger charge is 2.14. The van der Waals surface area contributed by atoms with Crippen molar-refractivity contribution in [2.75, 3.05) is 7.11 Å². The minimum atomic E-state index is 0.242. The molecule has 1 aromatic carbocycles. The first-order valence-corrected chi connectivity index (χ1v) is 7.71. The second-order valence-electron chi connectivity index (χ2n) is 4.47. The summed E-state index contributed by atoms with van der Waals surface area (Å²) in [6.07, 6.45) is 0.882. The Morgan fingerprint density at radius 3 is 2.70 bits per heavy atom. The molecule has 4 nitrogen and oxygen atoms in total. The molecular weight excluding hydrogens is 294 g/mol. The van der Waals surface area contributed by atoms with E-state index in [1.807, 2.05) is 29.8 Å². The van der Waals surface area contributed by atoms with Crippen molar-refractivity contribution >= 4 is 23.4 Å². The van der Waals surface area contributed by atoms with E-state index in [1.54, 1.807) is 18.9 Å². The average Bonchev–Trinajstić information content (AvgIpc) is 2.79. The topological polar surface area (TPSA) is 39.9 Å². The van der Waals surface area contributed by atoms with Gasteiger partial charge >= 0.3 is 0 Å². The number of aromatic nitrogens is 3. The highest BCUT2D eigenvalue weighted by atomic mass is 35.5. The van der Waals surface area contributed by atoms with Gasteiger partial charge in [0, 0.05) is 18.7 Å². The van der Waals surface area contributed by atoms with Gasteiger partial charge in [0.15, 0.2) is 5.16 Å². The van der Waals surface area contributed by atoms with E-state index in [9.17, 15) is 0 Å². The first-order valence-electron chi connectivity index (χ1n) is 6.45. The normalized spacial score (nSPS) is 12.4. The third kappa shape index (κ3) is 3.10. The van der Waals surface area contributed by atoms with Gasteiger partial charge in [-0.1, -0.05) is 36.4 Å². The van der Waals surface area contributed by atoms with Crippen molar-refractivity contribution in [2.45, 2.75) is 30.7 Å². The molecule has 0 N–H and O–H groups in total. The lowest BCUT2D eigenvalue weighted by Gasteiger charge is -2.12. The van der Waals surface area contributed by atoms with Crippen LogP contribution >= 0.6 is 23.4 Å². The smallest absolute Gasteiger partial charge is 0.191 e. The van der Waals surface area contributed by atoms with Crippen LogP contribution in [0.2, 0.25) is 5.02 Å². The molecule has 0 aliphatic carbocycles. The molecule has 0 amide bonds. The van der Waals surface area contributed by atoms with Crippen LogP contribution in [0.1, 0.15) is 30.5 Å². The van der Waals surface area contributed by atoms with Gasteiger partial charge in [0.25, 0.3) is 0 Å². The van der Waals surface area contributed by atoms with Gasteiger partial charge in [-0.05, 0) is 24.6 Å². The quantitative estimate of drug-likeness (QED) is 0.785. The summed E-state index contributed by atoms with van der Waals surface area (Å²) in [5.74, 6) is 1.69. The van der Waals surface area contributed by atoms with E-state index in [-0.39, 0.29) is 5.25 Å². The number of hydrogen-bond acceptors (Lipinski definition) is 4. The van der Waals surface area contributed by atoms with Gasteiger partial charge in [-0.2, -0.15) is 0 Å². The molecule has 6 heteroatoms. The van der Waals surface area contributed by atoms with Crippen LogP contribution < -0.4 is 4.74 Å². The average molecular weight is 312 g/mol. The largest absolute Gasteiger partial charge is 0.495 e. The van der Waals surface area contributed by atoms with Crippen molar-refractivity contribution in [3.63, 3.8) is 0 Å². The molecule has 108 valence electrons. The van der Waals surface area contributed by atoms with E-state index >= 15 is 0 Å². The van der Waals surface area contributed by atoms with Gasteiger partial charge in [0.2, 0.25) is 0 Å². The van der Waals surface area contributed by atoms with Crippen LogP contribution in [-0.2, 0) is 13.5 Å². The second kappa shape index (κ2) is 6.50. The molecule has 2 aromatic rings. The van der Waals surface area contributed by atoms with Gasteiger partial charge in [-0.15, -0.1) is 10.2 Å². The van der Waals surface area contributed by atoms with Crippen molar-refractivity contribution < 1.29 is 4.74 Å². The maximum atomic E-state index is 6.17. The Balaban J connectivity index is 2.17. The second-order valence-corrected chi connectivity index (χ2v) is 6.18. The molecule has 0 aliphatic heterocycles. The van der Waals surface area contributed by atoms with E-state index in [1.165, 1.54) is 0 Å². The van der Waals surface area contributed by atoms with Crippen LogP contribution in [0.25, 0.3) is 0 Å². The molecule has 0 bridgehead atoms. The maximum Gasteiger partial charge on any atom is 0.191 e. The molecule has 0 spiro atoms. The van der Waals surface area contributed by atoms with E-state index in [2.05, 4.69) is 24.0 Å². The number of rotatable bonds is 5. The number of halogens is 1. The van der Waals surface area contributed by atoms with Gasteiger partial charge in [0.1, 0.15) is 11.6 Å². The van der Waals surface area contributed by atoms with Crippen molar-refractivity contribution in [2.24, 2.45) is 7.05 Å². The van der Waals surface area contributed by atoms with Gasteiger partial charge in [0.05, 0.1) is 12.1 Å². The summed E-state index contributed by atoms with van der Waals surface area (Å²) in [7, 11) is 3.61. The van der Waals surface area contributed by atoms with Crippen LogP contribution in [0.15, 0.2) is 23.4 Å². The van der Waals surface area contributed by atoms with Crippen molar-refractivity contribution in [1.82, 2.24) is 14.8 Å². The van der Waals surface area contributed by atoms with Gasteiger partial charge in [-0.25, -0.2) is 0 Å². The van der Waals surface area contributed by atoms with Gasteiger partial charge in [-0.3, -0.25) is 0 Å². The third-order valence-corrected chi connectivity index (χ3v) is 4.66. The Morgan fingerprint density at radius 1 is 1.40 bits per heavy atom. The minimum Gasteiger partial charge on any atom is -0.495 e. The standard InChI is InChI=1S/C14H18ClN3OS/c1-5-13-16-17-14(18(13)3)20-9(2)10-6-7-12(19-4)11(15)8-10/h6-9H,5H2,1-4H3. The summed E-state index contributed by atoms with van der Waals surface area (Å²) in [4.78, 5) is 0. The number of aryl methyl sites for hydroxylation is 1. The van der Waals surface area contributed by atoms with E-state index < -0.39 is 0 Å². The predicted octanol–water partition coefficient (Wildman–Crippen LogP) is 3.89. The summed E-state index contributed by atoms with van der Waals surface area (Å²) < 4.78 is 7.20. The summed E-state index contributed by atoms with van der Waals surface area (Å²) >= 11 is 7.84. The Hall–Kier alpha value is -1.20. The van der Waals surface area contributed by atoms with E-state index in [4.69, 9.17) is 16.3 Å². The fourth-order valence-corrected chi connectivity index (χ4v) is 3.13. The minimum absolute atomic E-state index is 0.242. The number of thioether (sulfide) groups is 1. The molecule has 1 atom stereocenters. The molecular formula is C14H18ClN3OS. The van der Waals surface area contributed by atoms with Crippen LogP contribution in [0.3, 0.4) is 0 Å². The fourth-order valence-electron chi connectivity index (χ4n) is 1.92. The van der Waals surface area contributed by atoms with Crippen molar-refractivity contribution in [1.29, 1.82) is 0 Å². The highest BCUT2D eigenvalue weighted by molar-refractivity contribution is 7.99. The van der Waals surface area contributed by atoms with Gasteiger partial charge < -0.3 is 9.30 Å². The molecule has 0 radical (unpaired) electrons. The maximum absolute atomic E-state index is 6.17. The van der Waals surface area contributed by atoms with Crippen LogP contribution in [0.5, 0.6) is 5.75 Å². The number of hydrogen-bond donors (Lipinski definition) is 0. The highest BCUT2D eigenvalue weighted by Crippen LogP contribution is 2.36. The predicted molar refractivity (Wildman–Crippen MR) is 82.7 cm³/mol. The monoisotopic (exact) mass is 311 g/mol. The zero-order valence-corrected chi connectivity index (χ0v) is 13.6. The Morgan fingerprint density at radius 2 is 2.15 bits per heavy atom. The summed E-state index contributed by atoms with van der Waals surface area (Å²) in [6, 6.07) is 5.86. The molecule has 1 aromatic heterocycles. The molecule has 0 saturated carbocycles. The lowest BCUT2D eigenvalue weighted by molar-refractivity contribution is 0.415. The van der Waals surface area contributed by atoms with Crippen LogP contribution in [0.4, 0.5) is 0 Å². The number of ether oxygens (including phenoxy) is 1. The molecule has 2 rings (SSSR count). The van der Waals surface area contributed by atoms with E-state index in [0.29, 0.717) is 10.8 Å². The molecule has 1 unspecified atom stereocenters. The fraction of sp³-hybridized carbons (Fsp3) is 0.429. The number of benzene rings is 1. The van der Waals surface area contributed by atoms with E-state index in [0.717, 1.165) is 23.0 Å². The third-order valence-electron chi connectivity index (χ3n) is 3.17. The van der Waals surface area contributed by atoms with Crippen molar-refractivity contribution in [3.05, 3.63) is 34.6 Å². The lowest BCUT2D eigenvalue weighted by Crippen LogP contribution is -1.98. The molecule has 1 heterocycles. The SMILES string of the molecule is CCc1nnc(SC(C)c2ccc(OC)c(Cl)c2)n1C. The molecule has 0 aliphatic rings. The van der Waals surface area contributed by atoms with Crippen LogP contribution in [0, 0.1) is 0 Å². The number of nitrogens with zero attached hydrogens (tertiary/aromatic N) is 3. The Labute approximate surface area is 128 Å². The Kier molecular flexibility index (Phi) is 4.94. The first kappa shape index (κ1) is 15.2. The Bertz CT molecular complexity index is 600. The molecule has 20 heavy (non-hydrogen) atoms. The lowest BCUT2D eigenvalue weighted by atomic mass is 10.1. The van der Waals surface area contributed by atoms with Crippen molar-refractivity contribution in [3.8, 4) is 5.75 Å². The zero-order valence-electron chi connectivity index (χ0n) is 12.1. The molecule has 0 fully saturated rings. The van der Waals surface area contributed by atoms with Crippen LogP contribution in [-0.4, -0.2) is 21.9 Å². The molecule has 0 saturated heterocycles.